The van der Waals surface area contributed by atoms with E-state index in [9.17, 15) is 14.7 Å². The van der Waals surface area contributed by atoms with Crippen LogP contribution in [0.1, 0.15) is 19.4 Å². The lowest BCUT2D eigenvalue weighted by atomic mass is 10.0. The molecule has 6 heteroatoms. The minimum absolute atomic E-state index is 0.0712. The van der Waals surface area contributed by atoms with E-state index in [4.69, 9.17) is 10.8 Å². The molecule has 5 N–H and O–H groups in total. The number of carbonyl (C=O) groups excluding carboxylic acids is 1. The number of carboxylic acids is 1. The zero-order chi connectivity index (χ0) is 15.3. The zero-order valence-corrected chi connectivity index (χ0v) is 11.5. The summed E-state index contributed by atoms with van der Waals surface area (Å²) in [6, 6.07) is 4.37. The van der Waals surface area contributed by atoms with Crippen LogP contribution >= 0.6 is 0 Å². The van der Waals surface area contributed by atoms with Crippen LogP contribution in [-0.4, -0.2) is 34.2 Å². The van der Waals surface area contributed by atoms with Gasteiger partial charge in [-0.05, 0) is 23.6 Å². The fourth-order valence-corrected chi connectivity index (χ4v) is 1.64. The van der Waals surface area contributed by atoms with E-state index in [2.05, 4.69) is 5.32 Å². The maximum Gasteiger partial charge on any atom is 0.326 e. The summed E-state index contributed by atoms with van der Waals surface area (Å²) in [5.74, 6) is -1.57. The van der Waals surface area contributed by atoms with Crippen LogP contribution in [0.3, 0.4) is 0 Å². The van der Waals surface area contributed by atoms with Crippen LogP contribution in [0.25, 0.3) is 0 Å². The Hall–Kier alpha value is -2.08. The van der Waals surface area contributed by atoms with Crippen molar-refractivity contribution in [1.82, 2.24) is 5.32 Å². The molecule has 0 aliphatic heterocycles. The summed E-state index contributed by atoms with van der Waals surface area (Å²) in [5.41, 5.74) is 6.39. The van der Waals surface area contributed by atoms with Gasteiger partial charge in [-0.3, -0.25) is 4.79 Å². The number of amides is 1. The number of carbonyl (C=O) groups is 2. The Morgan fingerprint density at radius 2 is 1.80 bits per heavy atom. The third-order valence-electron chi connectivity index (χ3n) is 3.01. The number of hydrogen-bond acceptors (Lipinski definition) is 4. The smallest absolute Gasteiger partial charge is 0.326 e. The molecule has 0 bridgehead atoms. The maximum atomic E-state index is 11.8. The molecule has 1 aromatic carbocycles. The summed E-state index contributed by atoms with van der Waals surface area (Å²) in [7, 11) is 0. The van der Waals surface area contributed by atoms with Crippen molar-refractivity contribution in [3.63, 3.8) is 0 Å². The zero-order valence-electron chi connectivity index (χ0n) is 11.5. The molecule has 0 aliphatic rings. The molecule has 0 heterocycles. The van der Waals surface area contributed by atoms with Gasteiger partial charge < -0.3 is 21.3 Å². The Bertz CT molecular complexity index is 471. The number of aromatic hydroxyl groups is 1. The number of hydrogen-bond donors (Lipinski definition) is 4. The molecule has 20 heavy (non-hydrogen) atoms. The van der Waals surface area contributed by atoms with Crippen LogP contribution in [0.2, 0.25) is 0 Å². The lowest BCUT2D eigenvalue weighted by Gasteiger charge is -2.19. The van der Waals surface area contributed by atoms with Crippen LogP contribution in [0.5, 0.6) is 5.75 Å². The van der Waals surface area contributed by atoms with E-state index in [0.717, 1.165) is 0 Å². The SMILES string of the molecule is CC(C)[C@@H](N)C(=O)N[C@H](Cc1ccc(O)cc1)C(=O)O. The first-order valence-corrected chi connectivity index (χ1v) is 6.38. The summed E-state index contributed by atoms with van der Waals surface area (Å²) >= 11 is 0. The summed E-state index contributed by atoms with van der Waals surface area (Å²) in [4.78, 5) is 23.0. The van der Waals surface area contributed by atoms with E-state index in [1.807, 2.05) is 0 Å². The van der Waals surface area contributed by atoms with E-state index in [1.165, 1.54) is 12.1 Å². The van der Waals surface area contributed by atoms with Gasteiger partial charge in [0.05, 0.1) is 6.04 Å². The minimum atomic E-state index is -1.12. The first-order valence-electron chi connectivity index (χ1n) is 6.38. The van der Waals surface area contributed by atoms with Crippen molar-refractivity contribution >= 4 is 11.9 Å². The molecule has 0 spiro atoms. The molecule has 0 aliphatic carbocycles. The molecular weight excluding hydrogens is 260 g/mol. The highest BCUT2D eigenvalue weighted by molar-refractivity contribution is 5.87. The lowest BCUT2D eigenvalue weighted by molar-refractivity contribution is -0.142. The van der Waals surface area contributed by atoms with Crippen molar-refractivity contribution in [1.29, 1.82) is 0 Å². The number of aliphatic carboxylic acids is 1. The van der Waals surface area contributed by atoms with Crippen LogP contribution in [0.4, 0.5) is 0 Å². The van der Waals surface area contributed by atoms with Crippen LogP contribution in [0, 0.1) is 5.92 Å². The van der Waals surface area contributed by atoms with Gasteiger partial charge in [0.2, 0.25) is 5.91 Å². The Balaban J connectivity index is 2.72. The molecular formula is C14H20N2O4. The maximum absolute atomic E-state index is 11.8. The number of phenolic OH excluding ortho intramolecular Hbond substituents is 1. The van der Waals surface area contributed by atoms with Crippen molar-refractivity contribution in [2.24, 2.45) is 11.7 Å². The Kier molecular flexibility index (Phi) is 5.52. The average Bonchev–Trinajstić information content (AvgIpc) is 2.39. The minimum Gasteiger partial charge on any atom is -0.508 e. The normalized spacial score (nSPS) is 13.8. The van der Waals surface area contributed by atoms with Crippen molar-refractivity contribution in [3.8, 4) is 5.75 Å². The molecule has 110 valence electrons. The largest absolute Gasteiger partial charge is 0.508 e. The van der Waals surface area contributed by atoms with Gasteiger partial charge in [-0.15, -0.1) is 0 Å². The fraction of sp³-hybridized carbons (Fsp3) is 0.429. The van der Waals surface area contributed by atoms with E-state index in [-0.39, 0.29) is 18.1 Å². The van der Waals surface area contributed by atoms with Crippen LogP contribution < -0.4 is 11.1 Å². The lowest BCUT2D eigenvalue weighted by Crippen LogP contribution is -2.51. The second-order valence-corrected chi connectivity index (χ2v) is 5.04. The monoisotopic (exact) mass is 280 g/mol. The van der Waals surface area contributed by atoms with E-state index in [0.29, 0.717) is 5.56 Å². The standard InChI is InChI=1S/C14H20N2O4/c1-8(2)12(15)13(18)16-11(14(19)20)7-9-3-5-10(17)6-4-9/h3-6,8,11-12,17H,7,15H2,1-2H3,(H,16,18)(H,19,20)/t11-,12-/m1/s1. The fourth-order valence-electron chi connectivity index (χ4n) is 1.64. The van der Waals surface area contributed by atoms with Crippen molar-refractivity contribution < 1.29 is 19.8 Å². The van der Waals surface area contributed by atoms with Gasteiger partial charge in [0.25, 0.3) is 0 Å². The molecule has 1 amide bonds. The molecule has 0 saturated heterocycles. The highest BCUT2D eigenvalue weighted by Gasteiger charge is 2.24. The van der Waals surface area contributed by atoms with Gasteiger partial charge >= 0.3 is 5.97 Å². The first kappa shape index (κ1) is 16.0. The summed E-state index contributed by atoms with van der Waals surface area (Å²) in [6.07, 6.45) is 0.131. The van der Waals surface area contributed by atoms with Gasteiger partial charge in [0, 0.05) is 6.42 Å². The first-order chi connectivity index (χ1) is 9.31. The van der Waals surface area contributed by atoms with E-state index in [1.54, 1.807) is 26.0 Å². The van der Waals surface area contributed by atoms with Crippen molar-refractivity contribution in [2.45, 2.75) is 32.4 Å². The van der Waals surface area contributed by atoms with Gasteiger partial charge in [0.1, 0.15) is 11.8 Å². The van der Waals surface area contributed by atoms with Gasteiger partial charge in [-0.1, -0.05) is 26.0 Å². The number of nitrogens with two attached hydrogens (primary N) is 1. The molecule has 0 fully saturated rings. The summed E-state index contributed by atoms with van der Waals surface area (Å²) in [6.45, 7) is 3.58. The highest BCUT2D eigenvalue weighted by atomic mass is 16.4. The van der Waals surface area contributed by atoms with Crippen LogP contribution in [-0.2, 0) is 16.0 Å². The third kappa shape index (κ3) is 4.55. The predicted octanol–water partition coefficient (Wildman–Crippen LogP) is 0.487. The number of nitrogens with one attached hydrogen (secondary N) is 1. The second-order valence-electron chi connectivity index (χ2n) is 5.04. The second kappa shape index (κ2) is 6.91. The molecule has 0 unspecified atom stereocenters. The number of phenols is 1. The molecule has 1 aromatic rings. The molecule has 0 radical (unpaired) electrons. The van der Waals surface area contributed by atoms with Gasteiger partial charge in [-0.2, -0.15) is 0 Å². The average molecular weight is 280 g/mol. The summed E-state index contributed by atoms with van der Waals surface area (Å²) < 4.78 is 0. The van der Waals surface area contributed by atoms with Crippen molar-refractivity contribution in [3.05, 3.63) is 29.8 Å². The number of carboxylic acid groups (broad SMARTS) is 1. The van der Waals surface area contributed by atoms with Gasteiger partial charge in [0.15, 0.2) is 0 Å². The Morgan fingerprint density at radius 3 is 2.25 bits per heavy atom. The molecule has 6 nitrogen and oxygen atoms in total. The Labute approximate surface area is 117 Å². The van der Waals surface area contributed by atoms with E-state index >= 15 is 0 Å². The van der Waals surface area contributed by atoms with Crippen molar-refractivity contribution in [2.75, 3.05) is 0 Å². The topological polar surface area (TPSA) is 113 Å². The van der Waals surface area contributed by atoms with Gasteiger partial charge in [-0.25, -0.2) is 4.79 Å². The molecule has 2 atom stereocenters. The third-order valence-corrected chi connectivity index (χ3v) is 3.01. The Morgan fingerprint density at radius 1 is 1.25 bits per heavy atom. The summed E-state index contributed by atoms with van der Waals surface area (Å²) in [5, 5.41) is 20.8. The number of rotatable bonds is 6. The van der Waals surface area contributed by atoms with E-state index < -0.39 is 24.0 Å². The van der Waals surface area contributed by atoms with Crippen LogP contribution in [0.15, 0.2) is 24.3 Å². The highest BCUT2D eigenvalue weighted by Crippen LogP contribution is 2.11. The molecule has 1 rings (SSSR count). The quantitative estimate of drug-likeness (QED) is 0.605. The molecule has 0 saturated carbocycles. The molecule has 0 aromatic heterocycles. The predicted molar refractivity (Wildman–Crippen MR) is 74.2 cm³/mol. The number of benzene rings is 1.